The standard InChI is InChI=1S/C14H13N3O4/c1-9-6-10(2)16(14(19)15-9)8-13(18)11-4-3-5-12(7-11)17(20)21/h3-7H,8H2,1-2H3. The first-order valence-electron chi connectivity index (χ1n) is 6.21. The molecule has 0 atom stereocenters. The Bertz CT molecular complexity index is 780. The highest BCUT2D eigenvalue weighted by Crippen LogP contribution is 2.14. The number of carbonyl (C=O) groups is 1. The summed E-state index contributed by atoms with van der Waals surface area (Å²) in [7, 11) is 0. The number of Topliss-reactive ketones (excluding diaryl/α,β-unsaturated/α-hetero) is 1. The Kier molecular flexibility index (Phi) is 3.93. The van der Waals surface area contributed by atoms with Gasteiger partial charge in [0.2, 0.25) is 0 Å². The lowest BCUT2D eigenvalue weighted by molar-refractivity contribution is -0.384. The lowest BCUT2D eigenvalue weighted by atomic mass is 10.1. The first kappa shape index (κ1) is 14.6. The molecule has 0 unspecified atom stereocenters. The van der Waals surface area contributed by atoms with E-state index in [1.54, 1.807) is 19.9 Å². The fourth-order valence-corrected chi connectivity index (χ4v) is 1.99. The van der Waals surface area contributed by atoms with Gasteiger partial charge < -0.3 is 0 Å². The highest BCUT2D eigenvalue weighted by atomic mass is 16.6. The van der Waals surface area contributed by atoms with Crippen LogP contribution in [0.2, 0.25) is 0 Å². The third-order valence-electron chi connectivity index (χ3n) is 3.03. The summed E-state index contributed by atoms with van der Waals surface area (Å²) >= 11 is 0. The Labute approximate surface area is 120 Å². The van der Waals surface area contributed by atoms with Crippen molar-refractivity contribution >= 4 is 11.5 Å². The van der Waals surface area contributed by atoms with Crippen molar-refractivity contribution in [1.82, 2.24) is 9.55 Å². The van der Waals surface area contributed by atoms with Gasteiger partial charge in [-0.1, -0.05) is 12.1 Å². The Balaban J connectivity index is 2.33. The molecule has 0 saturated heterocycles. The summed E-state index contributed by atoms with van der Waals surface area (Å²) < 4.78 is 1.24. The molecule has 0 spiro atoms. The molecule has 1 heterocycles. The van der Waals surface area contributed by atoms with Crippen LogP contribution in [-0.2, 0) is 6.54 Å². The first-order chi connectivity index (χ1) is 9.88. The minimum absolute atomic E-state index is 0.160. The van der Waals surface area contributed by atoms with E-state index in [9.17, 15) is 19.7 Å². The monoisotopic (exact) mass is 287 g/mol. The van der Waals surface area contributed by atoms with Gasteiger partial charge in [-0.15, -0.1) is 0 Å². The minimum atomic E-state index is -0.568. The number of nitrogens with zero attached hydrogens (tertiary/aromatic N) is 3. The van der Waals surface area contributed by atoms with E-state index in [-0.39, 0.29) is 23.6 Å². The number of ketones is 1. The van der Waals surface area contributed by atoms with Gasteiger partial charge >= 0.3 is 5.69 Å². The summed E-state index contributed by atoms with van der Waals surface area (Å²) in [6.07, 6.45) is 0. The number of non-ortho nitro benzene ring substituents is 1. The number of benzene rings is 1. The summed E-state index contributed by atoms with van der Waals surface area (Å²) in [5, 5.41) is 10.7. The molecule has 0 fully saturated rings. The predicted octanol–water partition coefficient (Wildman–Crippen LogP) is 1.65. The van der Waals surface area contributed by atoms with E-state index in [2.05, 4.69) is 4.98 Å². The summed E-state index contributed by atoms with van der Waals surface area (Å²) in [6.45, 7) is 3.21. The molecule has 2 aromatic rings. The second-order valence-corrected chi connectivity index (χ2v) is 4.64. The zero-order valence-corrected chi connectivity index (χ0v) is 11.6. The average molecular weight is 287 g/mol. The van der Waals surface area contributed by atoms with Crippen LogP contribution in [0.15, 0.2) is 35.1 Å². The fourth-order valence-electron chi connectivity index (χ4n) is 1.99. The van der Waals surface area contributed by atoms with Crippen molar-refractivity contribution in [3.8, 4) is 0 Å². The highest BCUT2D eigenvalue weighted by Gasteiger charge is 2.14. The maximum absolute atomic E-state index is 12.2. The van der Waals surface area contributed by atoms with Gasteiger partial charge in [-0.2, -0.15) is 4.98 Å². The predicted molar refractivity (Wildman–Crippen MR) is 75.4 cm³/mol. The molecule has 108 valence electrons. The van der Waals surface area contributed by atoms with Gasteiger partial charge in [0.05, 0.1) is 11.5 Å². The van der Waals surface area contributed by atoms with Crippen LogP contribution in [0.5, 0.6) is 0 Å². The second-order valence-electron chi connectivity index (χ2n) is 4.64. The van der Waals surface area contributed by atoms with Crippen molar-refractivity contribution < 1.29 is 9.72 Å². The van der Waals surface area contributed by atoms with Gasteiger partial charge in [-0.3, -0.25) is 19.5 Å². The van der Waals surface area contributed by atoms with Crippen LogP contribution < -0.4 is 5.69 Å². The van der Waals surface area contributed by atoms with Crippen molar-refractivity contribution in [2.45, 2.75) is 20.4 Å². The van der Waals surface area contributed by atoms with Crippen molar-refractivity contribution in [3.63, 3.8) is 0 Å². The molecule has 1 aromatic heterocycles. The Hall–Kier alpha value is -2.83. The molecular weight excluding hydrogens is 274 g/mol. The normalized spacial score (nSPS) is 10.4. The molecule has 1 aromatic carbocycles. The average Bonchev–Trinajstić information content (AvgIpc) is 2.42. The molecule has 0 radical (unpaired) electrons. The van der Waals surface area contributed by atoms with Gasteiger partial charge in [0.1, 0.15) is 0 Å². The van der Waals surface area contributed by atoms with Crippen LogP contribution in [0, 0.1) is 24.0 Å². The number of hydrogen-bond donors (Lipinski definition) is 0. The second kappa shape index (κ2) is 5.66. The lowest BCUT2D eigenvalue weighted by Gasteiger charge is -2.08. The molecule has 7 heteroatoms. The van der Waals surface area contributed by atoms with E-state index < -0.39 is 10.6 Å². The SMILES string of the molecule is Cc1cc(C)n(CC(=O)c2cccc([N+](=O)[O-])c2)c(=O)n1. The van der Waals surface area contributed by atoms with E-state index in [1.807, 2.05) is 0 Å². The Morgan fingerprint density at radius 3 is 2.67 bits per heavy atom. The smallest absolute Gasteiger partial charge is 0.292 e. The molecule has 0 saturated carbocycles. The van der Waals surface area contributed by atoms with Crippen molar-refractivity contribution in [1.29, 1.82) is 0 Å². The lowest BCUT2D eigenvalue weighted by Crippen LogP contribution is -2.28. The molecule has 0 aliphatic carbocycles. The molecule has 0 amide bonds. The zero-order valence-electron chi connectivity index (χ0n) is 11.6. The van der Waals surface area contributed by atoms with Crippen LogP contribution in [0.4, 0.5) is 5.69 Å². The molecule has 0 bridgehead atoms. The number of carbonyl (C=O) groups excluding carboxylic acids is 1. The number of hydrogen-bond acceptors (Lipinski definition) is 5. The summed E-state index contributed by atoms with van der Waals surface area (Å²) in [4.78, 5) is 37.9. The van der Waals surface area contributed by atoms with Crippen LogP contribution >= 0.6 is 0 Å². The summed E-state index contributed by atoms with van der Waals surface area (Å²) in [5.41, 5.74) is 0.720. The molecule has 0 aliphatic rings. The van der Waals surface area contributed by atoms with E-state index in [0.717, 1.165) is 0 Å². The zero-order chi connectivity index (χ0) is 15.6. The van der Waals surface area contributed by atoms with Crippen molar-refractivity contribution in [2.24, 2.45) is 0 Å². The van der Waals surface area contributed by atoms with Crippen LogP contribution in [0.25, 0.3) is 0 Å². The van der Waals surface area contributed by atoms with Gasteiger partial charge in [-0.05, 0) is 19.9 Å². The molecule has 7 nitrogen and oxygen atoms in total. The number of nitro benzene ring substituents is 1. The van der Waals surface area contributed by atoms with Gasteiger partial charge in [-0.25, -0.2) is 4.79 Å². The third-order valence-corrected chi connectivity index (χ3v) is 3.03. The quantitative estimate of drug-likeness (QED) is 0.484. The van der Waals surface area contributed by atoms with E-state index in [4.69, 9.17) is 0 Å². The topological polar surface area (TPSA) is 95.1 Å². The number of aromatic nitrogens is 2. The van der Waals surface area contributed by atoms with Crippen LogP contribution in [-0.4, -0.2) is 20.3 Å². The van der Waals surface area contributed by atoms with Crippen molar-refractivity contribution in [3.05, 3.63) is 67.9 Å². The molecule has 21 heavy (non-hydrogen) atoms. The Morgan fingerprint density at radius 2 is 2.05 bits per heavy atom. The minimum Gasteiger partial charge on any atom is -0.292 e. The third kappa shape index (κ3) is 3.19. The van der Waals surface area contributed by atoms with Crippen LogP contribution in [0.3, 0.4) is 0 Å². The molecule has 0 N–H and O–H groups in total. The van der Waals surface area contributed by atoms with Gasteiger partial charge in [0, 0.05) is 29.1 Å². The maximum Gasteiger partial charge on any atom is 0.348 e. The maximum atomic E-state index is 12.2. The fraction of sp³-hybridized carbons (Fsp3) is 0.214. The summed E-state index contributed by atoms with van der Waals surface area (Å²) in [6, 6.07) is 7.12. The van der Waals surface area contributed by atoms with Gasteiger partial charge in [0.25, 0.3) is 5.69 Å². The molecular formula is C14H13N3O4. The molecule has 0 aliphatic heterocycles. The first-order valence-corrected chi connectivity index (χ1v) is 6.21. The van der Waals surface area contributed by atoms with E-state index in [0.29, 0.717) is 11.4 Å². The number of nitro groups is 1. The Morgan fingerprint density at radius 1 is 1.33 bits per heavy atom. The summed E-state index contributed by atoms with van der Waals surface area (Å²) in [5.74, 6) is -0.380. The highest BCUT2D eigenvalue weighted by molar-refractivity contribution is 5.96. The van der Waals surface area contributed by atoms with E-state index in [1.165, 1.54) is 28.8 Å². The largest absolute Gasteiger partial charge is 0.348 e. The van der Waals surface area contributed by atoms with Gasteiger partial charge in [0.15, 0.2) is 5.78 Å². The van der Waals surface area contributed by atoms with E-state index >= 15 is 0 Å². The molecule has 2 rings (SSSR count). The number of rotatable bonds is 4. The van der Waals surface area contributed by atoms with Crippen LogP contribution in [0.1, 0.15) is 21.7 Å². The van der Waals surface area contributed by atoms with Crippen molar-refractivity contribution in [2.75, 3.05) is 0 Å². The number of aryl methyl sites for hydroxylation is 2.